The average Bonchev–Trinajstić information content (AvgIpc) is 2.93. The Bertz CT molecular complexity index is 496. The number of carbonyl (C=O) groups is 1. The smallest absolute Gasteiger partial charge is 0.228 e. The second-order valence-corrected chi connectivity index (χ2v) is 6.94. The van der Waals surface area contributed by atoms with E-state index in [1.807, 2.05) is 12.1 Å². The Kier molecular flexibility index (Phi) is 3.33. The van der Waals surface area contributed by atoms with E-state index in [4.69, 9.17) is 5.73 Å². The van der Waals surface area contributed by atoms with Crippen molar-refractivity contribution >= 4 is 11.6 Å². The molecule has 0 spiro atoms. The van der Waals surface area contributed by atoms with E-state index in [-0.39, 0.29) is 17.2 Å². The average molecular weight is 272 g/mol. The van der Waals surface area contributed by atoms with Crippen molar-refractivity contribution in [2.45, 2.75) is 38.5 Å². The lowest BCUT2D eigenvalue weighted by Gasteiger charge is -2.23. The first-order valence-corrected chi connectivity index (χ1v) is 7.64. The second kappa shape index (κ2) is 4.88. The van der Waals surface area contributed by atoms with Crippen molar-refractivity contribution in [3.05, 3.63) is 29.8 Å². The molecule has 1 amide bonds. The van der Waals surface area contributed by atoms with E-state index in [0.717, 1.165) is 5.69 Å². The molecule has 1 aromatic carbocycles. The van der Waals surface area contributed by atoms with Crippen molar-refractivity contribution in [3.8, 4) is 0 Å². The number of benzene rings is 1. The van der Waals surface area contributed by atoms with Crippen molar-refractivity contribution in [2.75, 3.05) is 11.9 Å². The normalized spacial score (nSPS) is 28.1. The van der Waals surface area contributed by atoms with Crippen molar-refractivity contribution in [3.63, 3.8) is 0 Å². The molecule has 2 unspecified atom stereocenters. The minimum Gasteiger partial charge on any atom is -0.330 e. The topological polar surface area (TPSA) is 55.1 Å². The van der Waals surface area contributed by atoms with Crippen LogP contribution in [0.25, 0.3) is 0 Å². The van der Waals surface area contributed by atoms with Crippen LogP contribution < -0.4 is 11.1 Å². The van der Waals surface area contributed by atoms with Gasteiger partial charge in [-0.1, -0.05) is 32.4 Å². The molecule has 2 fully saturated rings. The van der Waals surface area contributed by atoms with Crippen LogP contribution in [0.15, 0.2) is 24.3 Å². The van der Waals surface area contributed by atoms with E-state index in [0.29, 0.717) is 18.4 Å². The molecule has 20 heavy (non-hydrogen) atoms. The molecule has 2 atom stereocenters. The number of fused-ring (bicyclic) bond motifs is 1. The Labute approximate surface area is 120 Å². The molecule has 2 aliphatic carbocycles. The first-order chi connectivity index (χ1) is 9.53. The van der Waals surface area contributed by atoms with Crippen LogP contribution in [-0.2, 0) is 10.2 Å². The minimum atomic E-state index is -0.0178. The van der Waals surface area contributed by atoms with Gasteiger partial charge in [-0.3, -0.25) is 4.79 Å². The lowest BCUT2D eigenvalue weighted by molar-refractivity contribution is -0.118. The molecule has 0 bridgehead atoms. The largest absolute Gasteiger partial charge is 0.330 e. The fourth-order valence-electron chi connectivity index (χ4n) is 3.56. The van der Waals surface area contributed by atoms with Gasteiger partial charge in [0, 0.05) is 23.6 Å². The van der Waals surface area contributed by atoms with Gasteiger partial charge in [-0.05, 0) is 42.4 Å². The maximum absolute atomic E-state index is 12.2. The number of anilines is 1. The number of amides is 1. The first kappa shape index (κ1) is 13.6. The minimum absolute atomic E-state index is 0.0178. The zero-order valence-corrected chi connectivity index (χ0v) is 12.4. The van der Waals surface area contributed by atoms with Crippen molar-refractivity contribution in [1.29, 1.82) is 0 Å². The quantitative estimate of drug-likeness (QED) is 0.885. The summed E-state index contributed by atoms with van der Waals surface area (Å²) in [5.41, 5.74) is 7.88. The Hall–Kier alpha value is -1.35. The summed E-state index contributed by atoms with van der Waals surface area (Å²) in [6, 6.07) is 8.11. The van der Waals surface area contributed by atoms with Crippen LogP contribution in [-0.4, -0.2) is 12.5 Å². The second-order valence-electron chi connectivity index (χ2n) is 6.94. The molecule has 3 N–H and O–H groups in total. The zero-order valence-electron chi connectivity index (χ0n) is 12.4. The molecule has 0 saturated heterocycles. The monoisotopic (exact) mass is 272 g/mol. The molecule has 108 valence electrons. The van der Waals surface area contributed by atoms with E-state index in [1.165, 1.54) is 24.8 Å². The molecule has 2 aliphatic rings. The summed E-state index contributed by atoms with van der Waals surface area (Å²) in [4.78, 5) is 12.2. The molecule has 0 radical (unpaired) electrons. The number of nitrogens with two attached hydrogens (primary N) is 1. The van der Waals surface area contributed by atoms with Gasteiger partial charge >= 0.3 is 0 Å². The summed E-state index contributed by atoms with van der Waals surface area (Å²) in [6.07, 6.45) is 3.79. The lowest BCUT2D eigenvalue weighted by Crippen LogP contribution is -2.28. The van der Waals surface area contributed by atoms with Crippen molar-refractivity contribution < 1.29 is 4.79 Å². The van der Waals surface area contributed by atoms with Crippen LogP contribution in [0.5, 0.6) is 0 Å². The summed E-state index contributed by atoms with van der Waals surface area (Å²) >= 11 is 0. The number of nitrogens with one attached hydrogen (secondary N) is 1. The predicted molar refractivity (Wildman–Crippen MR) is 81.5 cm³/mol. The molecular weight excluding hydrogens is 248 g/mol. The van der Waals surface area contributed by atoms with Crippen molar-refractivity contribution in [2.24, 2.45) is 23.5 Å². The highest BCUT2D eigenvalue weighted by atomic mass is 16.2. The van der Waals surface area contributed by atoms with Gasteiger partial charge < -0.3 is 11.1 Å². The Morgan fingerprint density at radius 2 is 1.85 bits per heavy atom. The van der Waals surface area contributed by atoms with Crippen LogP contribution in [0.3, 0.4) is 0 Å². The van der Waals surface area contributed by atoms with Gasteiger partial charge in [0.15, 0.2) is 0 Å². The molecule has 2 saturated carbocycles. The molecular formula is C17H24N2O. The van der Waals surface area contributed by atoms with E-state index in [9.17, 15) is 4.79 Å². The van der Waals surface area contributed by atoms with Crippen LogP contribution in [0.4, 0.5) is 5.69 Å². The molecule has 0 aliphatic heterocycles. The van der Waals surface area contributed by atoms with Crippen LogP contribution in [0, 0.1) is 17.8 Å². The van der Waals surface area contributed by atoms with E-state index in [2.05, 4.69) is 31.3 Å². The fraction of sp³-hybridized carbons (Fsp3) is 0.588. The van der Waals surface area contributed by atoms with Crippen LogP contribution >= 0.6 is 0 Å². The van der Waals surface area contributed by atoms with Gasteiger partial charge in [0.1, 0.15) is 0 Å². The number of carbonyl (C=O) groups excluding carboxylic acids is 1. The van der Waals surface area contributed by atoms with Gasteiger partial charge in [-0.15, -0.1) is 0 Å². The highest BCUT2D eigenvalue weighted by molar-refractivity contribution is 5.95. The van der Waals surface area contributed by atoms with E-state index >= 15 is 0 Å². The predicted octanol–water partition coefficient (Wildman–Crippen LogP) is 2.91. The molecule has 3 rings (SSSR count). The third-order valence-corrected chi connectivity index (χ3v) is 5.15. The maximum Gasteiger partial charge on any atom is 0.228 e. The highest BCUT2D eigenvalue weighted by Gasteiger charge is 2.56. The molecule has 3 nitrogen and oxygen atoms in total. The third-order valence-electron chi connectivity index (χ3n) is 5.15. The van der Waals surface area contributed by atoms with Crippen molar-refractivity contribution in [1.82, 2.24) is 0 Å². The Balaban J connectivity index is 1.62. The fourth-order valence-corrected chi connectivity index (χ4v) is 3.56. The van der Waals surface area contributed by atoms with Gasteiger partial charge in [0.2, 0.25) is 5.91 Å². The standard InChI is InChI=1S/C17H24N2O/c1-17(2,10-18)11-6-8-12(9-7-11)19-16(20)15-13-4-3-5-14(13)15/h6-9,13-15H,3-5,10,18H2,1-2H3,(H,19,20). The summed E-state index contributed by atoms with van der Waals surface area (Å²) in [7, 11) is 0. The number of hydrogen-bond acceptors (Lipinski definition) is 2. The maximum atomic E-state index is 12.2. The van der Waals surface area contributed by atoms with E-state index in [1.54, 1.807) is 0 Å². The molecule has 0 aromatic heterocycles. The highest BCUT2D eigenvalue weighted by Crippen LogP contribution is 2.57. The molecule has 0 heterocycles. The van der Waals surface area contributed by atoms with Gasteiger partial charge in [0.25, 0.3) is 0 Å². The zero-order chi connectivity index (χ0) is 14.3. The van der Waals surface area contributed by atoms with Crippen LogP contribution in [0.2, 0.25) is 0 Å². The first-order valence-electron chi connectivity index (χ1n) is 7.64. The Morgan fingerprint density at radius 1 is 1.25 bits per heavy atom. The molecule has 1 aromatic rings. The lowest BCUT2D eigenvalue weighted by atomic mass is 9.85. The summed E-state index contributed by atoms with van der Waals surface area (Å²) in [5.74, 6) is 1.84. The van der Waals surface area contributed by atoms with Crippen LogP contribution in [0.1, 0.15) is 38.7 Å². The van der Waals surface area contributed by atoms with E-state index < -0.39 is 0 Å². The Morgan fingerprint density at radius 3 is 2.40 bits per heavy atom. The summed E-state index contributed by atoms with van der Waals surface area (Å²) in [6.45, 7) is 4.88. The third kappa shape index (κ3) is 2.35. The summed E-state index contributed by atoms with van der Waals surface area (Å²) in [5, 5.41) is 3.06. The van der Waals surface area contributed by atoms with Gasteiger partial charge in [0.05, 0.1) is 0 Å². The molecule has 3 heteroatoms. The number of hydrogen-bond donors (Lipinski definition) is 2. The van der Waals surface area contributed by atoms with Gasteiger partial charge in [-0.25, -0.2) is 0 Å². The van der Waals surface area contributed by atoms with Gasteiger partial charge in [-0.2, -0.15) is 0 Å². The summed E-state index contributed by atoms with van der Waals surface area (Å²) < 4.78 is 0. The SMILES string of the molecule is CC(C)(CN)c1ccc(NC(=O)C2C3CCCC32)cc1. The number of rotatable bonds is 4.